The first-order chi connectivity index (χ1) is 16.1. The largest absolute Gasteiger partial charge is 0.469 e. The summed E-state index contributed by atoms with van der Waals surface area (Å²) >= 11 is 0. The molecule has 0 saturated heterocycles. The molecule has 2 N–H and O–H groups in total. The maximum absolute atomic E-state index is 12.8. The van der Waals surface area contributed by atoms with Gasteiger partial charge in [0.2, 0.25) is 0 Å². The third kappa shape index (κ3) is 5.36. The molecule has 2 heterocycles. The Bertz CT molecular complexity index is 1300. The summed E-state index contributed by atoms with van der Waals surface area (Å²) in [5, 5.41) is 2.79. The van der Waals surface area contributed by atoms with E-state index >= 15 is 0 Å². The smallest absolute Gasteiger partial charge is 0.305 e. The number of carbonyl (C=O) groups is 3. The molecule has 1 aromatic carbocycles. The summed E-state index contributed by atoms with van der Waals surface area (Å²) < 4.78 is 30.3. The van der Waals surface area contributed by atoms with Gasteiger partial charge in [-0.1, -0.05) is 17.7 Å². The van der Waals surface area contributed by atoms with Crippen molar-refractivity contribution < 1.29 is 27.5 Å². The molecule has 0 aliphatic carbocycles. The van der Waals surface area contributed by atoms with Crippen molar-refractivity contribution in [2.75, 3.05) is 12.9 Å². The van der Waals surface area contributed by atoms with Gasteiger partial charge in [0.25, 0.3) is 5.91 Å². The highest BCUT2D eigenvalue weighted by Gasteiger charge is 2.26. The van der Waals surface area contributed by atoms with E-state index in [0.29, 0.717) is 46.5 Å². The van der Waals surface area contributed by atoms with Gasteiger partial charge in [-0.05, 0) is 68.5 Å². The second-order valence-electron chi connectivity index (χ2n) is 8.25. The Morgan fingerprint density at radius 2 is 1.74 bits per heavy atom. The van der Waals surface area contributed by atoms with E-state index in [4.69, 9.17) is 0 Å². The topological polar surface area (TPSA) is 122 Å². The monoisotopic (exact) mass is 484 g/mol. The number of aromatic nitrogens is 1. The number of aromatic amines is 1. The van der Waals surface area contributed by atoms with Gasteiger partial charge in [-0.3, -0.25) is 14.4 Å². The van der Waals surface area contributed by atoms with E-state index < -0.39 is 9.84 Å². The lowest BCUT2D eigenvalue weighted by atomic mass is 10.0. The van der Waals surface area contributed by atoms with Gasteiger partial charge in [0, 0.05) is 23.4 Å². The number of H-pyrrole nitrogens is 1. The predicted molar refractivity (Wildman–Crippen MR) is 128 cm³/mol. The van der Waals surface area contributed by atoms with Crippen LogP contribution in [-0.4, -0.2) is 44.4 Å². The molecule has 0 spiro atoms. The first-order valence-corrected chi connectivity index (χ1v) is 12.5. The number of allylic oxidation sites excluding steroid dienone is 1. The summed E-state index contributed by atoms with van der Waals surface area (Å²) in [4.78, 5) is 38.7. The molecule has 1 aliphatic rings. The van der Waals surface area contributed by atoms with E-state index in [-0.39, 0.29) is 35.4 Å². The number of aldehydes is 1. The molecule has 0 radical (unpaired) electrons. The van der Waals surface area contributed by atoms with Crippen molar-refractivity contribution in [1.29, 1.82) is 0 Å². The minimum atomic E-state index is -3.53. The number of hydrogen-bond acceptors (Lipinski definition) is 6. The summed E-state index contributed by atoms with van der Waals surface area (Å²) in [6.45, 7) is 5.36. The van der Waals surface area contributed by atoms with Gasteiger partial charge in [0.1, 0.15) is 0 Å². The number of methoxy groups -OCH3 is 1. The molecule has 0 bridgehead atoms. The molecule has 1 aromatic heterocycles. The van der Waals surface area contributed by atoms with E-state index in [1.165, 1.54) is 7.11 Å². The third-order valence-electron chi connectivity index (χ3n) is 6.03. The number of amides is 1. The molecule has 34 heavy (non-hydrogen) atoms. The third-order valence-corrected chi connectivity index (χ3v) is 7.76. The molecule has 2 aromatic rings. The minimum Gasteiger partial charge on any atom is -0.469 e. The molecular weight excluding hydrogens is 456 g/mol. The molecule has 3 rings (SSSR count). The quantitative estimate of drug-likeness (QED) is 0.416. The fourth-order valence-corrected chi connectivity index (χ4v) is 5.15. The number of esters is 1. The first kappa shape index (κ1) is 25.2. The molecule has 9 heteroatoms. The van der Waals surface area contributed by atoms with Gasteiger partial charge in [0.15, 0.2) is 16.1 Å². The SMILES string of the molecule is COC(=O)CCc1c(C=O)[nH]c(/C=C2\NC(=O)C(C)=C2CCS(=O)(=O)c2ccc(C)cc2)c1C. The highest BCUT2D eigenvalue weighted by atomic mass is 32.2. The second kappa shape index (κ2) is 10.2. The minimum absolute atomic E-state index is 0.129. The van der Waals surface area contributed by atoms with E-state index in [9.17, 15) is 22.8 Å². The maximum Gasteiger partial charge on any atom is 0.305 e. The average molecular weight is 485 g/mol. The van der Waals surface area contributed by atoms with Gasteiger partial charge in [-0.2, -0.15) is 0 Å². The van der Waals surface area contributed by atoms with Crippen molar-refractivity contribution in [3.8, 4) is 0 Å². The Balaban J connectivity index is 1.88. The predicted octanol–water partition coefficient (Wildman–Crippen LogP) is 3.20. The van der Waals surface area contributed by atoms with Gasteiger partial charge in [0.05, 0.1) is 23.5 Å². The van der Waals surface area contributed by atoms with Crippen molar-refractivity contribution in [3.63, 3.8) is 0 Å². The van der Waals surface area contributed by atoms with Crippen LogP contribution in [0.4, 0.5) is 0 Å². The Labute approximate surface area is 199 Å². The zero-order valence-electron chi connectivity index (χ0n) is 19.7. The van der Waals surface area contributed by atoms with Crippen LogP contribution in [0.5, 0.6) is 0 Å². The average Bonchev–Trinajstić information content (AvgIpc) is 3.25. The van der Waals surface area contributed by atoms with Crippen molar-refractivity contribution in [1.82, 2.24) is 10.3 Å². The van der Waals surface area contributed by atoms with Crippen LogP contribution in [0.1, 0.15) is 52.6 Å². The van der Waals surface area contributed by atoms with Crippen LogP contribution in [0.2, 0.25) is 0 Å². The van der Waals surface area contributed by atoms with Crippen molar-refractivity contribution in [2.45, 2.75) is 44.9 Å². The zero-order valence-corrected chi connectivity index (χ0v) is 20.5. The van der Waals surface area contributed by atoms with Crippen LogP contribution >= 0.6 is 0 Å². The molecule has 0 saturated carbocycles. The highest BCUT2D eigenvalue weighted by molar-refractivity contribution is 7.91. The van der Waals surface area contributed by atoms with E-state index in [2.05, 4.69) is 15.0 Å². The van der Waals surface area contributed by atoms with E-state index in [0.717, 1.165) is 11.1 Å². The molecular formula is C25H28N2O6S. The second-order valence-corrected chi connectivity index (χ2v) is 10.4. The number of benzene rings is 1. The van der Waals surface area contributed by atoms with Crippen LogP contribution in [-0.2, 0) is 30.6 Å². The van der Waals surface area contributed by atoms with E-state index in [1.54, 1.807) is 37.3 Å². The summed E-state index contributed by atoms with van der Waals surface area (Å²) in [6, 6.07) is 6.67. The molecule has 0 fully saturated rings. The Morgan fingerprint density at radius 1 is 1.06 bits per heavy atom. The number of carbonyl (C=O) groups excluding carboxylic acids is 3. The number of aryl methyl sites for hydroxylation is 1. The zero-order chi connectivity index (χ0) is 25.0. The van der Waals surface area contributed by atoms with Crippen LogP contribution in [0.3, 0.4) is 0 Å². The van der Waals surface area contributed by atoms with Crippen LogP contribution in [0, 0.1) is 13.8 Å². The van der Waals surface area contributed by atoms with Crippen LogP contribution in [0.15, 0.2) is 46.0 Å². The van der Waals surface area contributed by atoms with E-state index in [1.807, 2.05) is 13.8 Å². The number of sulfone groups is 1. The molecule has 0 unspecified atom stereocenters. The van der Waals surface area contributed by atoms with Gasteiger partial charge >= 0.3 is 5.97 Å². The summed E-state index contributed by atoms with van der Waals surface area (Å²) in [5.41, 5.74) is 4.94. The summed E-state index contributed by atoms with van der Waals surface area (Å²) in [5.74, 6) is -0.821. The molecule has 0 atom stereocenters. The fraction of sp³-hybridized carbons (Fsp3) is 0.320. The van der Waals surface area contributed by atoms with Gasteiger partial charge in [-0.25, -0.2) is 8.42 Å². The van der Waals surface area contributed by atoms with Crippen molar-refractivity contribution in [2.24, 2.45) is 0 Å². The number of hydrogen-bond donors (Lipinski definition) is 2. The highest BCUT2D eigenvalue weighted by Crippen LogP contribution is 2.29. The Morgan fingerprint density at radius 3 is 2.35 bits per heavy atom. The molecule has 1 aliphatic heterocycles. The molecule has 1 amide bonds. The van der Waals surface area contributed by atoms with Crippen LogP contribution < -0.4 is 5.32 Å². The van der Waals surface area contributed by atoms with Crippen LogP contribution in [0.25, 0.3) is 6.08 Å². The summed E-state index contributed by atoms with van der Waals surface area (Å²) in [6.07, 6.45) is 3.00. The summed E-state index contributed by atoms with van der Waals surface area (Å²) in [7, 11) is -2.23. The number of rotatable bonds is 9. The lowest BCUT2D eigenvalue weighted by Gasteiger charge is -2.08. The normalized spacial score (nSPS) is 15.1. The molecule has 8 nitrogen and oxygen atoms in total. The standard InChI is InChI=1S/C25H28N2O6S/c1-15-5-7-18(8-6-15)34(31,32)12-11-20-17(3)25(30)27-22(20)13-21-16(2)19(23(14-28)26-21)9-10-24(29)33-4/h5-8,13-14,26H,9-12H2,1-4H3,(H,27,30)/b22-13-. The molecule has 180 valence electrons. The Hall–Kier alpha value is -3.46. The lowest BCUT2D eigenvalue weighted by Crippen LogP contribution is -2.15. The van der Waals surface area contributed by atoms with Crippen molar-refractivity contribution >= 4 is 34.1 Å². The van der Waals surface area contributed by atoms with Crippen molar-refractivity contribution in [3.05, 3.63) is 69.2 Å². The van der Waals surface area contributed by atoms with Gasteiger partial charge in [-0.15, -0.1) is 0 Å². The lowest BCUT2D eigenvalue weighted by molar-refractivity contribution is -0.140. The Kier molecular flexibility index (Phi) is 7.56. The first-order valence-electron chi connectivity index (χ1n) is 10.8. The maximum atomic E-state index is 12.8. The number of ether oxygens (including phenoxy) is 1. The van der Waals surface area contributed by atoms with Gasteiger partial charge < -0.3 is 15.0 Å². The number of nitrogens with one attached hydrogen (secondary N) is 2. The fourth-order valence-electron chi connectivity index (χ4n) is 3.90.